The van der Waals surface area contributed by atoms with Crippen molar-refractivity contribution in [3.05, 3.63) is 94.5 Å². The summed E-state index contributed by atoms with van der Waals surface area (Å²) in [5, 5.41) is 3.23. The van der Waals surface area contributed by atoms with Gasteiger partial charge in [0.15, 0.2) is 0 Å². The molecule has 1 unspecified atom stereocenters. The summed E-state index contributed by atoms with van der Waals surface area (Å²) in [6.07, 6.45) is 1.92. The Morgan fingerprint density at radius 3 is 2.63 bits per heavy atom. The highest BCUT2D eigenvalue weighted by molar-refractivity contribution is 5.96. The Hall–Kier alpha value is -3.24. The Kier molecular flexibility index (Phi) is 5.77. The van der Waals surface area contributed by atoms with Crippen LogP contribution >= 0.6 is 0 Å². The van der Waals surface area contributed by atoms with E-state index in [1.165, 1.54) is 11.1 Å². The highest BCUT2D eigenvalue weighted by Crippen LogP contribution is 2.25. The lowest BCUT2D eigenvalue weighted by atomic mass is 9.98. The molecular weight excluding hydrogens is 370 g/mol. The zero-order chi connectivity index (χ0) is 21.1. The number of likely N-dealkylation sites (N-methyl/N-ethyl adjacent to an activating group) is 1. The lowest BCUT2D eigenvalue weighted by Gasteiger charge is -2.23. The van der Waals surface area contributed by atoms with Gasteiger partial charge in [0.1, 0.15) is 0 Å². The molecule has 3 aromatic carbocycles. The van der Waals surface area contributed by atoms with Gasteiger partial charge in [0.05, 0.1) is 12.6 Å². The molecule has 0 saturated carbocycles. The summed E-state index contributed by atoms with van der Waals surface area (Å²) in [4.78, 5) is 19.5. The monoisotopic (exact) mass is 397 g/mol. The molecule has 0 bridgehead atoms. The van der Waals surface area contributed by atoms with Crippen molar-refractivity contribution in [2.45, 2.75) is 19.5 Å². The SMILES string of the molecule is Cc1cccc(C(CN(C)C)NC(=O)c2cccc(-c3ccc4c(c3)C=NC4)c2)c1. The first-order valence-corrected chi connectivity index (χ1v) is 10.2. The van der Waals surface area contributed by atoms with Gasteiger partial charge in [-0.15, -0.1) is 0 Å². The van der Waals surface area contributed by atoms with Crippen LogP contribution in [0.25, 0.3) is 11.1 Å². The van der Waals surface area contributed by atoms with Crippen LogP contribution in [-0.2, 0) is 6.54 Å². The van der Waals surface area contributed by atoms with Gasteiger partial charge < -0.3 is 10.2 Å². The molecule has 1 amide bonds. The molecule has 4 rings (SSSR count). The fraction of sp³-hybridized carbons (Fsp3) is 0.231. The fourth-order valence-electron chi connectivity index (χ4n) is 3.85. The van der Waals surface area contributed by atoms with Crippen LogP contribution in [0.5, 0.6) is 0 Å². The first-order valence-electron chi connectivity index (χ1n) is 10.2. The van der Waals surface area contributed by atoms with Crippen LogP contribution in [0.1, 0.15) is 38.7 Å². The van der Waals surface area contributed by atoms with E-state index in [1.807, 2.05) is 50.6 Å². The van der Waals surface area contributed by atoms with Crippen LogP contribution in [0.4, 0.5) is 0 Å². The average Bonchev–Trinajstić information content (AvgIpc) is 3.21. The van der Waals surface area contributed by atoms with Gasteiger partial charge in [-0.25, -0.2) is 0 Å². The predicted molar refractivity (Wildman–Crippen MR) is 123 cm³/mol. The van der Waals surface area contributed by atoms with Crippen molar-refractivity contribution in [1.29, 1.82) is 0 Å². The topological polar surface area (TPSA) is 44.7 Å². The lowest BCUT2D eigenvalue weighted by molar-refractivity contribution is 0.0930. The summed E-state index contributed by atoms with van der Waals surface area (Å²) in [6.45, 7) is 3.56. The molecule has 4 heteroatoms. The van der Waals surface area contributed by atoms with E-state index in [4.69, 9.17) is 0 Å². The maximum absolute atomic E-state index is 13.1. The third-order valence-corrected chi connectivity index (χ3v) is 5.39. The van der Waals surface area contributed by atoms with Crippen molar-refractivity contribution in [2.75, 3.05) is 20.6 Å². The number of hydrogen-bond acceptors (Lipinski definition) is 3. The summed E-state index contributed by atoms with van der Waals surface area (Å²) >= 11 is 0. The molecular formula is C26H27N3O. The number of amides is 1. The second-order valence-corrected chi connectivity index (χ2v) is 8.17. The van der Waals surface area contributed by atoms with Crippen molar-refractivity contribution in [3.63, 3.8) is 0 Å². The second kappa shape index (κ2) is 8.64. The van der Waals surface area contributed by atoms with E-state index < -0.39 is 0 Å². The number of carbonyl (C=O) groups is 1. The molecule has 0 aliphatic carbocycles. The van der Waals surface area contributed by atoms with Gasteiger partial charge in [-0.3, -0.25) is 9.79 Å². The van der Waals surface area contributed by atoms with Crippen LogP contribution < -0.4 is 5.32 Å². The number of nitrogens with zero attached hydrogens (tertiary/aromatic N) is 2. The molecule has 1 N–H and O–H groups in total. The first-order chi connectivity index (χ1) is 14.5. The number of carbonyl (C=O) groups excluding carboxylic acids is 1. The maximum Gasteiger partial charge on any atom is 0.251 e. The van der Waals surface area contributed by atoms with Crippen LogP contribution in [-0.4, -0.2) is 37.7 Å². The minimum atomic E-state index is -0.0766. The Morgan fingerprint density at radius 1 is 1.03 bits per heavy atom. The molecule has 1 atom stereocenters. The predicted octanol–water partition coefficient (Wildman–Crippen LogP) is 4.63. The highest BCUT2D eigenvalue weighted by Gasteiger charge is 2.17. The maximum atomic E-state index is 13.1. The fourth-order valence-corrected chi connectivity index (χ4v) is 3.85. The van der Waals surface area contributed by atoms with E-state index in [2.05, 4.69) is 58.5 Å². The van der Waals surface area contributed by atoms with Crippen LogP contribution in [0, 0.1) is 6.92 Å². The summed E-state index contributed by atoms with van der Waals surface area (Å²) in [7, 11) is 4.04. The molecule has 0 aromatic heterocycles. The van der Waals surface area contributed by atoms with E-state index in [0.717, 1.165) is 35.3 Å². The Labute approximate surface area is 178 Å². The number of aryl methyl sites for hydroxylation is 1. The molecule has 152 valence electrons. The largest absolute Gasteiger partial charge is 0.344 e. The van der Waals surface area contributed by atoms with Crippen LogP contribution in [0.15, 0.2) is 71.7 Å². The van der Waals surface area contributed by atoms with E-state index in [9.17, 15) is 4.79 Å². The molecule has 0 spiro atoms. The van der Waals surface area contributed by atoms with Crippen molar-refractivity contribution in [1.82, 2.24) is 10.2 Å². The number of nitrogens with one attached hydrogen (secondary N) is 1. The quantitative estimate of drug-likeness (QED) is 0.659. The molecule has 0 radical (unpaired) electrons. The molecule has 30 heavy (non-hydrogen) atoms. The molecule has 1 aliphatic rings. The average molecular weight is 398 g/mol. The molecule has 3 aromatic rings. The summed E-state index contributed by atoms with van der Waals surface area (Å²) < 4.78 is 0. The molecule has 0 fully saturated rings. The first kappa shape index (κ1) is 20.0. The minimum Gasteiger partial charge on any atom is -0.344 e. The van der Waals surface area contributed by atoms with Crippen molar-refractivity contribution < 1.29 is 4.79 Å². The van der Waals surface area contributed by atoms with Crippen molar-refractivity contribution in [3.8, 4) is 11.1 Å². The Bertz CT molecular complexity index is 1100. The van der Waals surface area contributed by atoms with Gasteiger partial charge >= 0.3 is 0 Å². The third kappa shape index (κ3) is 4.50. The third-order valence-electron chi connectivity index (χ3n) is 5.39. The van der Waals surface area contributed by atoms with Gasteiger partial charge in [-0.2, -0.15) is 0 Å². The normalized spacial score (nSPS) is 13.3. The number of aliphatic imine (C=N–C) groups is 1. The van der Waals surface area contributed by atoms with E-state index >= 15 is 0 Å². The Balaban J connectivity index is 1.58. The van der Waals surface area contributed by atoms with Crippen LogP contribution in [0.2, 0.25) is 0 Å². The standard InChI is InChI=1S/C26H27N3O/c1-18-6-4-8-21(12-18)25(17-29(2)3)28-26(30)22-9-5-7-19(13-22)20-10-11-23-15-27-16-24(23)14-20/h4-14,16,25H,15,17H2,1-3H3,(H,28,30). The summed E-state index contributed by atoms with van der Waals surface area (Å²) in [5.41, 5.74) is 7.51. The highest BCUT2D eigenvalue weighted by atomic mass is 16.1. The zero-order valence-corrected chi connectivity index (χ0v) is 17.7. The van der Waals surface area contributed by atoms with Gasteiger partial charge in [0, 0.05) is 18.3 Å². The van der Waals surface area contributed by atoms with Gasteiger partial charge in [0.25, 0.3) is 5.91 Å². The number of rotatable bonds is 6. The molecule has 4 nitrogen and oxygen atoms in total. The molecule has 1 aliphatic heterocycles. The number of benzene rings is 3. The summed E-state index contributed by atoms with van der Waals surface area (Å²) in [5.74, 6) is -0.0621. The lowest BCUT2D eigenvalue weighted by Crippen LogP contribution is -2.35. The molecule has 0 saturated heterocycles. The van der Waals surface area contributed by atoms with E-state index in [-0.39, 0.29) is 11.9 Å². The van der Waals surface area contributed by atoms with Crippen molar-refractivity contribution >= 4 is 12.1 Å². The van der Waals surface area contributed by atoms with Gasteiger partial charge in [-0.05, 0) is 67.0 Å². The van der Waals surface area contributed by atoms with E-state index in [1.54, 1.807) is 0 Å². The second-order valence-electron chi connectivity index (χ2n) is 8.17. The number of fused-ring (bicyclic) bond motifs is 1. The summed E-state index contributed by atoms with van der Waals surface area (Å²) in [6, 6.07) is 22.4. The van der Waals surface area contributed by atoms with E-state index in [0.29, 0.717) is 5.56 Å². The molecule has 1 heterocycles. The van der Waals surface area contributed by atoms with Crippen LogP contribution in [0.3, 0.4) is 0 Å². The smallest absolute Gasteiger partial charge is 0.251 e. The minimum absolute atomic E-state index is 0.0621. The number of hydrogen-bond donors (Lipinski definition) is 1. The Morgan fingerprint density at radius 2 is 1.83 bits per heavy atom. The zero-order valence-electron chi connectivity index (χ0n) is 17.7. The van der Waals surface area contributed by atoms with Crippen molar-refractivity contribution in [2.24, 2.45) is 4.99 Å². The van der Waals surface area contributed by atoms with Gasteiger partial charge in [-0.1, -0.05) is 54.1 Å². The van der Waals surface area contributed by atoms with Gasteiger partial charge in [0.2, 0.25) is 0 Å².